The van der Waals surface area contributed by atoms with E-state index in [1.165, 1.54) is 87.1 Å². The SMILES string of the molecule is c1ccc(-n2c3ccccc3c3ccc4c5ccccc5n(-c5ccccc5-c5ccc6oc7cccc8c9ccccc9c5c6c78)c4c32)cc1. The maximum atomic E-state index is 6.52. The Balaban J connectivity index is 1.28. The van der Waals surface area contributed by atoms with E-state index in [9.17, 15) is 0 Å². The van der Waals surface area contributed by atoms with E-state index in [2.05, 4.69) is 179 Å². The summed E-state index contributed by atoms with van der Waals surface area (Å²) in [5.74, 6) is 0. The number of benzene rings is 9. The van der Waals surface area contributed by atoms with Gasteiger partial charge in [0.25, 0.3) is 0 Å². The predicted molar refractivity (Wildman–Crippen MR) is 214 cm³/mol. The summed E-state index contributed by atoms with van der Waals surface area (Å²) in [5.41, 5.74) is 11.3. The van der Waals surface area contributed by atoms with Crippen molar-refractivity contribution >= 4 is 87.1 Å². The van der Waals surface area contributed by atoms with Crippen molar-refractivity contribution in [1.29, 1.82) is 0 Å². The Morgan fingerprint density at radius 3 is 1.67 bits per heavy atom. The van der Waals surface area contributed by atoms with Crippen LogP contribution in [0.5, 0.6) is 0 Å². The largest absolute Gasteiger partial charge is 0.456 e. The van der Waals surface area contributed by atoms with E-state index in [0.29, 0.717) is 0 Å². The molecule has 0 amide bonds. The topological polar surface area (TPSA) is 23.0 Å². The van der Waals surface area contributed by atoms with Gasteiger partial charge in [-0.25, -0.2) is 0 Å². The lowest BCUT2D eigenvalue weighted by Crippen LogP contribution is -2.00. The first kappa shape index (κ1) is 27.0. The molecule has 12 aromatic rings. The molecule has 9 aromatic carbocycles. The molecule has 0 radical (unpaired) electrons. The van der Waals surface area contributed by atoms with Crippen LogP contribution < -0.4 is 0 Å². The van der Waals surface area contributed by atoms with Crippen molar-refractivity contribution in [2.24, 2.45) is 0 Å². The number of rotatable bonds is 3. The standard InChI is InChI=1S/C48H28N2O/c1-2-13-29(14-3-1)49-39-21-9-7-17-32(39)37-25-26-38-33-18-8-11-23-41(33)50(48(38)47(37)49)40-22-10-6-16-31(40)36-27-28-43-46-44(36)34-19-5-4-15-30(34)35-20-12-24-42(51-43)45(35)46/h1-28H. The maximum Gasteiger partial charge on any atom is 0.136 e. The normalized spacial score (nSPS) is 12.3. The molecule has 236 valence electrons. The molecule has 3 heterocycles. The zero-order chi connectivity index (χ0) is 33.2. The first-order valence-electron chi connectivity index (χ1n) is 17.5. The number of aromatic nitrogens is 2. The van der Waals surface area contributed by atoms with Gasteiger partial charge in [0.1, 0.15) is 11.2 Å². The molecule has 3 nitrogen and oxygen atoms in total. The summed E-state index contributed by atoms with van der Waals surface area (Å²) >= 11 is 0. The molecule has 0 saturated heterocycles. The molecule has 0 unspecified atom stereocenters. The van der Waals surface area contributed by atoms with Gasteiger partial charge in [-0.2, -0.15) is 0 Å². The number of nitrogens with zero attached hydrogens (tertiary/aromatic N) is 2. The van der Waals surface area contributed by atoms with E-state index in [1.807, 2.05) is 0 Å². The highest BCUT2D eigenvalue weighted by Crippen LogP contribution is 2.48. The van der Waals surface area contributed by atoms with Gasteiger partial charge < -0.3 is 13.6 Å². The average Bonchev–Trinajstić information content (AvgIpc) is 3.86. The summed E-state index contributed by atoms with van der Waals surface area (Å²) in [5, 5.41) is 12.3. The van der Waals surface area contributed by atoms with Crippen LogP contribution >= 0.6 is 0 Å². The fourth-order valence-corrected chi connectivity index (χ4v) is 9.07. The Kier molecular flexibility index (Phi) is 5.23. The molecule has 12 rings (SSSR count). The second kappa shape index (κ2) is 9.87. The molecule has 0 aliphatic heterocycles. The van der Waals surface area contributed by atoms with Crippen molar-refractivity contribution in [2.45, 2.75) is 0 Å². The predicted octanol–water partition coefficient (Wildman–Crippen LogP) is 13.2. The van der Waals surface area contributed by atoms with Gasteiger partial charge in [-0.05, 0) is 70.3 Å². The fourth-order valence-electron chi connectivity index (χ4n) is 9.07. The summed E-state index contributed by atoms with van der Waals surface area (Å²) in [6, 6.07) is 61.7. The molecule has 51 heavy (non-hydrogen) atoms. The molecule has 0 aliphatic carbocycles. The molecule has 0 atom stereocenters. The van der Waals surface area contributed by atoms with Crippen molar-refractivity contribution in [3.63, 3.8) is 0 Å². The van der Waals surface area contributed by atoms with E-state index in [1.54, 1.807) is 0 Å². The van der Waals surface area contributed by atoms with E-state index >= 15 is 0 Å². The summed E-state index contributed by atoms with van der Waals surface area (Å²) in [7, 11) is 0. The minimum absolute atomic E-state index is 0.925. The summed E-state index contributed by atoms with van der Waals surface area (Å²) in [4.78, 5) is 0. The first-order chi connectivity index (χ1) is 25.3. The van der Waals surface area contributed by atoms with Gasteiger partial charge in [0.2, 0.25) is 0 Å². The Bertz CT molecular complexity index is 3360. The highest BCUT2D eigenvalue weighted by Gasteiger charge is 2.24. The third kappa shape index (κ3) is 3.47. The third-order valence-electron chi connectivity index (χ3n) is 11.1. The van der Waals surface area contributed by atoms with Gasteiger partial charge in [0, 0.05) is 49.0 Å². The van der Waals surface area contributed by atoms with Gasteiger partial charge in [0.15, 0.2) is 0 Å². The van der Waals surface area contributed by atoms with Crippen LogP contribution in [0, 0.1) is 0 Å². The Labute approximate surface area is 292 Å². The smallest absolute Gasteiger partial charge is 0.136 e. The van der Waals surface area contributed by atoms with E-state index < -0.39 is 0 Å². The quantitative estimate of drug-likeness (QED) is 0.175. The molecule has 0 aliphatic rings. The second-order valence-corrected chi connectivity index (χ2v) is 13.6. The maximum absolute atomic E-state index is 6.52. The van der Waals surface area contributed by atoms with E-state index in [0.717, 1.165) is 22.5 Å². The van der Waals surface area contributed by atoms with Crippen molar-refractivity contribution in [1.82, 2.24) is 9.13 Å². The first-order valence-corrected chi connectivity index (χ1v) is 17.5. The van der Waals surface area contributed by atoms with Crippen LogP contribution in [-0.4, -0.2) is 9.13 Å². The van der Waals surface area contributed by atoms with Gasteiger partial charge in [0.05, 0.1) is 27.8 Å². The zero-order valence-electron chi connectivity index (χ0n) is 27.5. The second-order valence-electron chi connectivity index (χ2n) is 13.6. The molecule has 0 saturated carbocycles. The Hall–Kier alpha value is -6.84. The van der Waals surface area contributed by atoms with Crippen LogP contribution in [0.3, 0.4) is 0 Å². The van der Waals surface area contributed by atoms with Gasteiger partial charge in [-0.15, -0.1) is 0 Å². The molecule has 3 aromatic heterocycles. The van der Waals surface area contributed by atoms with Gasteiger partial charge in [-0.3, -0.25) is 0 Å². The highest BCUT2D eigenvalue weighted by atomic mass is 16.3. The van der Waals surface area contributed by atoms with E-state index in [-0.39, 0.29) is 0 Å². The number of fused-ring (bicyclic) bond motifs is 10. The number of hydrogen-bond acceptors (Lipinski definition) is 1. The van der Waals surface area contributed by atoms with Crippen molar-refractivity contribution in [2.75, 3.05) is 0 Å². The molecule has 0 N–H and O–H groups in total. The molecule has 0 bridgehead atoms. The van der Waals surface area contributed by atoms with Crippen molar-refractivity contribution in [3.05, 3.63) is 170 Å². The lowest BCUT2D eigenvalue weighted by Gasteiger charge is -2.18. The van der Waals surface area contributed by atoms with Crippen molar-refractivity contribution in [3.8, 4) is 22.5 Å². The lowest BCUT2D eigenvalue weighted by molar-refractivity contribution is 0.669. The van der Waals surface area contributed by atoms with Crippen LogP contribution in [0.1, 0.15) is 0 Å². The summed E-state index contributed by atoms with van der Waals surface area (Å²) in [6.45, 7) is 0. The van der Waals surface area contributed by atoms with Gasteiger partial charge in [-0.1, -0.05) is 121 Å². The highest BCUT2D eigenvalue weighted by molar-refractivity contribution is 6.35. The molecular formula is C48H28N2O. The van der Waals surface area contributed by atoms with Crippen LogP contribution in [0.2, 0.25) is 0 Å². The minimum atomic E-state index is 0.925. The minimum Gasteiger partial charge on any atom is -0.456 e. The van der Waals surface area contributed by atoms with Crippen LogP contribution in [0.25, 0.3) is 110 Å². The number of furan rings is 1. The van der Waals surface area contributed by atoms with Crippen molar-refractivity contribution < 1.29 is 4.42 Å². The third-order valence-corrected chi connectivity index (χ3v) is 11.1. The monoisotopic (exact) mass is 648 g/mol. The number of para-hydroxylation sites is 4. The lowest BCUT2D eigenvalue weighted by atomic mass is 9.89. The zero-order valence-corrected chi connectivity index (χ0v) is 27.5. The molecular weight excluding hydrogens is 621 g/mol. The Morgan fingerprint density at radius 2 is 0.882 bits per heavy atom. The Morgan fingerprint density at radius 1 is 0.314 bits per heavy atom. The van der Waals surface area contributed by atoms with Crippen LogP contribution in [0.15, 0.2) is 174 Å². The number of hydrogen-bond donors (Lipinski definition) is 0. The van der Waals surface area contributed by atoms with E-state index in [4.69, 9.17) is 4.42 Å². The fraction of sp³-hybridized carbons (Fsp3) is 0. The molecule has 0 spiro atoms. The molecule has 0 fully saturated rings. The van der Waals surface area contributed by atoms with Crippen LogP contribution in [0.4, 0.5) is 0 Å². The van der Waals surface area contributed by atoms with Gasteiger partial charge >= 0.3 is 0 Å². The average molecular weight is 649 g/mol. The summed E-state index contributed by atoms with van der Waals surface area (Å²) in [6.07, 6.45) is 0. The molecule has 3 heteroatoms. The van der Waals surface area contributed by atoms with Crippen LogP contribution in [-0.2, 0) is 0 Å². The summed E-state index contributed by atoms with van der Waals surface area (Å²) < 4.78 is 11.5.